The summed E-state index contributed by atoms with van der Waals surface area (Å²) in [5, 5.41) is 13.6. The van der Waals surface area contributed by atoms with Crippen molar-refractivity contribution in [1.29, 1.82) is 0 Å². The van der Waals surface area contributed by atoms with Crippen molar-refractivity contribution < 1.29 is 23.2 Å². The van der Waals surface area contributed by atoms with Crippen LogP contribution in [-0.2, 0) is 11.4 Å². The molecule has 0 bridgehead atoms. The molecule has 2 aromatic heterocycles. The molecule has 9 heteroatoms. The van der Waals surface area contributed by atoms with Crippen molar-refractivity contribution in [2.45, 2.75) is 26.5 Å². The van der Waals surface area contributed by atoms with Gasteiger partial charge in [0.2, 0.25) is 11.8 Å². The van der Waals surface area contributed by atoms with E-state index in [-0.39, 0.29) is 24.2 Å². The maximum Gasteiger partial charge on any atom is 0.287 e. The third kappa shape index (κ3) is 5.69. The summed E-state index contributed by atoms with van der Waals surface area (Å²) in [4.78, 5) is 25.0. The molecule has 2 N–H and O–H groups in total. The highest BCUT2D eigenvalue weighted by Crippen LogP contribution is 2.20. The zero-order valence-electron chi connectivity index (χ0n) is 18.7. The molecule has 2 amide bonds. The standard InChI is InChI=1S/C25H24N4O5/c1-16(2)22(27-23(30)20-9-6-14-32-20)24(31)26-18-10-12-19(13-11-18)33-15-21-28-29-25(34-21)17-7-4-3-5-8-17/h3-14,16,22H,15H2,1-2H3,(H,26,31)(H,27,30). The van der Waals surface area contributed by atoms with Gasteiger partial charge in [0.05, 0.1) is 6.26 Å². The van der Waals surface area contributed by atoms with Crippen molar-refractivity contribution in [2.24, 2.45) is 5.92 Å². The SMILES string of the molecule is CC(C)C(NC(=O)c1ccco1)C(=O)Nc1ccc(OCc2nnc(-c3ccccc3)o2)cc1. The summed E-state index contributed by atoms with van der Waals surface area (Å²) in [7, 11) is 0. The number of nitrogens with zero attached hydrogens (tertiary/aromatic N) is 2. The second kappa shape index (κ2) is 10.5. The van der Waals surface area contributed by atoms with Gasteiger partial charge in [-0.3, -0.25) is 9.59 Å². The highest BCUT2D eigenvalue weighted by molar-refractivity contribution is 6.00. The van der Waals surface area contributed by atoms with Crippen LogP contribution in [0, 0.1) is 5.92 Å². The van der Waals surface area contributed by atoms with Crippen LogP contribution in [0.3, 0.4) is 0 Å². The van der Waals surface area contributed by atoms with Crippen LogP contribution < -0.4 is 15.4 Å². The molecule has 4 aromatic rings. The van der Waals surface area contributed by atoms with Crippen molar-refractivity contribution in [3.05, 3.63) is 84.6 Å². The molecule has 0 aliphatic carbocycles. The molecule has 9 nitrogen and oxygen atoms in total. The summed E-state index contributed by atoms with van der Waals surface area (Å²) in [5.74, 6) is 0.596. The Hall–Kier alpha value is -4.40. The Balaban J connectivity index is 1.31. The van der Waals surface area contributed by atoms with Gasteiger partial charge in [-0.25, -0.2) is 0 Å². The first-order valence-electron chi connectivity index (χ1n) is 10.8. The van der Waals surface area contributed by atoms with Gasteiger partial charge in [0, 0.05) is 11.3 Å². The molecule has 34 heavy (non-hydrogen) atoms. The fourth-order valence-electron chi connectivity index (χ4n) is 3.16. The molecule has 2 aromatic carbocycles. The van der Waals surface area contributed by atoms with Gasteiger partial charge < -0.3 is 24.2 Å². The van der Waals surface area contributed by atoms with Crippen LogP contribution in [0.1, 0.15) is 30.3 Å². The average molecular weight is 460 g/mol. The van der Waals surface area contributed by atoms with E-state index in [0.29, 0.717) is 23.2 Å². The lowest BCUT2D eigenvalue weighted by Crippen LogP contribution is -2.47. The van der Waals surface area contributed by atoms with E-state index in [1.165, 1.54) is 6.26 Å². The van der Waals surface area contributed by atoms with E-state index in [1.807, 2.05) is 44.2 Å². The first kappa shape index (κ1) is 22.8. The summed E-state index contributed by atoms with van der Waals surface area (Å²) >= 11 is 0. The quantitative estimate of drug-likeness (QED) is 0.382. The van der Waals surface area contributed by atoms with Gasteiger partial charge in [-0.1, -0.05) is 32.0 Å². The number of ether oxygens (including phenoxy) is 1. The molecular formula is C25H24N4O5. The zero-order valence-corrected chi connectivity index (χ0v) is 18.7. The number of anilines is 1. The molecule has 174 valence electrons. The Labute approximate surface area is 196 Å². The molecule has 0 saturated heterocycles. The normalized spacial score (nSPS) is 11.7. The molecule has 0 saturated carbocycles. The number of aromatic nitrogens is 2. The minimum atomic E-state index is -0.732. The van der Waals surface area contributed by atoms with Gasteiger partial charge in [-0.15, -0.1) is 10.2 Å². The first-order valence-corrected chi connectivity index (χ1v) is 10.8. The number of furan rings is 1. The Morgan fingerprint density at radius 3 is 2.41 bits per heavy atom. The molecule has 0 fully saturated rings. The lowest BCUT2D eigenvalue weighted by molar-refractivity contribution is -0.118. The van der Waals surface area contributed by atoms with E-state index < -0.39 is 11.9 Å². The van der Waals surface area contributed by atoms with Gasteiger partial charge in [0.15, 0.2) is 12.4 Å². The molecule has 0 aliphatic rings. The summed E-state index contributed by atoms with van der Waals surface area (Å²) in [5.41, 5.74) is 1.40. The second-order valence-electron chi connectivity index (χ2n) is 7.84. The van der Waals surface area contributed by atoms with Gasteiger partial charge in [0.25, 0.3) is 11.8 Å². The Morgan fingerprint density at radius 2 is 1.74 bits per heavy atom. The number of rotatable bonds is 9. The summed E-state index contributed by atoms with van der Waals surface area (Å²) in [6, 6.07) is 18.8. The van der Waals surface area contributed by atoms with E-state index in [0.717, 1.165) is 5.56 Å². The third-order valence-electron chi connectivity index (χ3n) is 4.95. The zero-order chi connectivity index (χ0) is 23.9. The van der Waals surface area contributed by atoms with Crippen molar-refractivity contribution >= 4 is 17.5 Å². The average Bonchev–Trinajstić information content (AvgIpc) is 3.55. The molecule has 4 rings (SSSR count). The minimum absolute atomic E-state index is 0.111. The maximum atomic E-state index is 12.8. The first-order chi connectivity index (χ1) is 16.5. The van der Waals surface area contributed by atoms with Gasteiger partial charge in [0.1, 0.15) is 11.8 Å². The Kier molecular flexibility index (Phi) is 7.02. The summed E-state index contributed by atoms with van der Waals surface area (Å²) in [6.07, 6.45) is 1.41. The number of hydrogen-bond donors (Lipinski definition) is 2. The van der Waals surface area contributed by atoms with Gasteiger partial charge in [-0.2, -0.15) is 0 Å². The molecule has 1 unspecified atom stereocenters. The number of hydrogen-bond acceptors (Lipinski definition) is 7. The molecule has 2 heterocycles. The minimum Gasteiger partial charge on any atom is -0.484 e. The Bertz CT molecular complexity index is 1220. The van der Waals surface area contributed by atoms with Crippen LogP contribution in [-0.4, -0.2) is 28.1 Å². The van der Waals surface area contributed by atoms with E-state index in [1.54, 1.807) is 36.4 Å². The molecule has 1 atom stereocenters. The van der Waals surface area contributed by atoms with Crippen LogP contribution in [0.2, 0.25) is 0 Å². The molecule has 0 radical (unpaired) electrons. The largest absolute Gasteiger partial charge is 0.484 e. The molecule has 0 spiro atoms. The monoisotopic (exact) mass is 460 g/mol. The lowest BCUT2D eigenvalue weighted by Gasteiger charge is -2.21. The van der Waals surface area contributed by atoms with Gasteiger partial charge in [-0.05, 0) is 54.4 Å². The van der Waals surface area contributed by atoms with E-state index in [4.69, 9.17) is 13.6 Å². The Morgan fingerprint density at radius 1 is 0.971 bits per heavy atom. The number of benzene rings is 2. The smallest absolute Gasteiger partial charge is 0.287 e. The predicted octanol–water partition coefficient (Wildman–Crippen LogP) is 4.30. The van der Waals surface area contributed by atoms with Crippen LogP contribution in [0.5, 0.6) is 5.75 Å². The highest BCUT2D eigenvalue weighted by Gasteiger charge is 2.25. The number of nitrogens with one attached hydrogen (secondary N) is 2. The summed E-state index contributed by atoms with van der Waals surface area (Å²) in [6.45, 7) is 3.81. The molecule has 0 aliphatic heterocycles. The fourth-order valence-corrected chi connectivity index (χ4v) is 3.16. The van der Waals surface area contributed by atoms with Crippen molar-refractivity contribution in [3.8, 4) is 17.2 Å². The van der Waals surface area contributed by atoms with E-state index >= 15 is 0 Å². The fraction of sp³-hybridized carbons (Fsp3) is 0.200. The number of carbonyl (C=O) groups is 2. The van der Waals surface area contributed by atoms with Gasteiger partial charge >= 0.3 is 0 Å². The highest BCUT2D eigenvalue weighted by atomic mass is 16.5. The second-order valence-corrected chi connectivity index (χ2v) is 7.84. The van der Waals surface area contributed by atoms with E-state index in [9.17, 15) is 9.59 Å². The number of amides is 2. The molecular weight excluding hydrogens is 436 g/mol. The van der Waals surface area contributed by atoms with Crippen LogP contribution in [0.25, 0.3) is 11.5 Å². The number of carbonyl (C=O) groups excluding carboxylic acids is 2. The van der Waals surface area contributed by atoms with Crippen molar-refractivity contribution in [3.63, 3.8) is 0 Å². The topological polar surface area (TPSA) is 119 Å². The lowest BCUT2D eigenvalue weighted by atomic mass is 10.0. The van der Waals surface area contributed by atoms with Crippen LogP contribution in [0.15, 0.2) is 81.8 Å². The predicted molar refractivity (Wildman–Crippen MR) is 124 cm³/mol. The van der Waals surface area contributed by atoms with Crippen molar-refractivity contribution in [2.75, 3.05) is 5.32 Å². The third-order valence-corrected chi connectivity index (χ3v) is 4.95. The van der Waals surface area contributed by atoms with Crippen LogP contribution >= 0.6 is 0 Å². The van der Waals surface area contributed by atoms with E-state index in [2.05, 4.69) is 20.8 Å². The maximum absolute atomic E-state index is 12.8. The van der Waals surface area contributed by atoms with Crippen molar-refractivity contribution in [1.82, 2.24) is 15.5 Å². The summed E-state index contributed by atoms with van der Waals surface area (Å²) < 4.78 is 16.4. The van der Waals surface area contributed by atoms with Crippen LogP contribution in [0.4, 0.5) is 5.69 Å².